The van der Waals surface area contributed by atoms with E-state index in [2.05, 4.69) is 50.1 Å². The predicted molar refractivity (Wildman–Crippen MR) is 79.1 cm³/mol. The van der Waals surface area contributed by atoms with Crippen LogP contribution in [0, 0.1) is 11.3 Å². The van der Waals surface area contributed by atoms with Crippen molar-refractivity contribution < 1.29 is 4.79 Å². The van der Waals surface area contributed by atoms with Crippen molar-refractivity contribution in [3.63, 3.8) is 0 Å². The summed E-state index contributed by atoms with van der Waals surface area (Å²) < 4.78 is 0. The highest BCUT2D eigenvalue weighted by atomic mass is 16.1. The molecule has 1 unspecified atom stereocenters. The van der Waals surface area contributed by atoms with Gasteiger partial charge in [-0.1, -0.05) is 41.0 Å². The van der Waals surface area contributed by atoms with E-state index in [1.165, 1.54) is 0 Å². The summed E-state index contributed by atoms with van der Waals surface area (Å²) in [5.74, 6) is 1.07. The van der Waals surface area contributed by atoms with Crippen LogP contribution in [0.15, 0.2) is 6.07 Å². The predicted octanol–water partition coefficient (Wildman–Crippen LogP) is 3.76. The summed E-state index contributed by atoms with van der Waals surface area (Å²) in [5.41, 5.74) is 1.33. The molecule has 0 saturated heterocycles. The van der Waals surface area contributed by atoms with Gasteiger partial charge in [-0.15, -0.1) is 0 Å². The Kier molecular flexibility index (Phi) is 5.58. The summed E-state index contributed by atoms with van der Waals surface area (Å²) in [6.07, 6.45) is 3.62. The molecule has 2 N–H and O–H groups in total. The lowest BCUT2D eigenvalue weighted by atomic mass is 9.84. The summed E-state index contributed by atoms with van der Waals surface area (Å²) in [4.78, 5) is 11.9. The molecule has 0 aliphatic carbocycles. The van der Waals surface area contributed by atoms with Crippen LogP contribution in [0.5, 0.6) is 0 Å². The number of amides is 1. The maximum atomic E-state index is 11.9. The molecular formula is C15H27N3O. The number of anilines is 1. The number of nitrogens with one attached hydrogen (secondary N) is 2. The Morgan fingerprint density at radius 2 is 2.16 bits per heavy atom. The molecule has 0 aliphatic heterocycles. The second-order valence-electron chi connectivity index (χ2n) is 6.65. The van der Waals surface area contributed by atoms with Crippen molar-refractivity contribution >= 4 is 11.7 Å². The summed E-state index contributed by atoms with van der Waals surface area (Å²) in [6, 6.07) is 1.91. The van der Waals surface area contributed by atoms with Crippen molar-refractivity contribution in [2.75, 3.05) is 5.32 Å². The van der Waals surface area contributed by atoms with Crippen LogP contribution in [-0.2, 0) is 11.2 Å². The molecular weight excluding hydrogens is 238 g/mol. The van der Waals surface area contributed by atoms with Gasteiger partial charge in [-0.25, -0.2) is 0 Å². The molecule has 1 rings (SSSR count). The van der Waals surface area contributed by atoms with Crippen molar-refractivity contribution in [1.82, 2.24) is 10.2 Å². The van der Waals surface area contributed by atoms with Crippen LogP contribution in [0.2, 0.25) is 0 Å². The lowest BCUT2D eigenvalue weighted by Gasteiger charge is -2.22. The van der Waals surface area contributed by atoms with Gasteiger partial charge in [-0.2, -0.15) is 5.10 Å². The number of rotatable bonds is 6. The largest absolute Gasteiger partial charge is 0.309 e. The molecule has 108 valence electrons. The lowest BCUT2D eigenvalue weighted by Crippen LogP contribution is -2.19. The normalized spacial score (nSPS) is 13.3. The number of aryl methyl sites for hydroxylation is 1. The molecule has 1 heterocycles. The minimum absolute atomic E-state index is 0.0475. The monoisotopic (exact) mass is 265 g/mol. The molecule has 1 atom stereocenters. The number of carbonyl (C=O) groups excluding carboxylic acids is 1. The first-order valence-electron chi connectivity index (χ1n) is 7.14. The second kappa shape index (κ2) is 6.73. The molecule has 0 saturated carbocycles. The first-order chi connectivity index (χ1) is 8.80. The number of aromatic nitrogens is 2. The Hall–Kier alpha value is -1.32. The van der Waals surface area contributed by atoms with Gasteiger partial charge in [0.2, 0.25) is 5.91 Å². The number of hydrogen-bond acceptors (Lipinski definition) is 2. The third-order valence-corrected chi connectivity index (χ3v) is 2.91. The van der Waals surface area contributed by atoms with Crippen LogP contribution in [0.1, 0.15) is 59.6 Å². The Labute approximate surface area is 116 Å². The molecule has 0 fully saturated rings. The van der Waals surface area contributed by atoms with Crippen LogP contribution in [0.4, 0.5) is 5.82 Å². The number of nitrogens with zero attached hydrogens (tertiary/aromatic N) is 1. The van der Waals surface area contributed by atoms with E-state index in [9.17, 15) is 4.79 Å². The van der Waals surface area contributed by atoms with E-state index < -0.39 is 0 Å². The van der Waals surface area contributed by atoms with Crippen molar-refractivity contribution in [3.05, 3.63) is 11.8 Å². The number of aromatic amines is 1. The standard InChI is InChI=1S/C15H27N3O/c1-6-7-12-9-13(18-17-12)16-14(19)8-11(2)10-15(3,4)5/h9,11H,6-8,10H2,1-5H3,(H2,16,17,18,19). The first kappa shape index (κ1) is 15.7. The van der Waals surface area contributed by atoms with Crippen molar-refractivity contribution in [2.24, 2.45) is 11.3 Å². The van der Waals surface area contributed by atoms with E-state index in [0.717, 1.165) is 25.0 Å². The molecule has 0 bridgehead atoms. The second-order valence-corrected chi connectivity index (χ2v) is 6.65. The highest BCUT2D eigenvalue weighted by molar-refractivity contribution is 5.89. The van der Waals surface area contributed by atoms with E-state index >= 15 is 0 Å². The Morgan fingerprint density at radius 3 is 2.74 bits per heavy atom. The zero-order chi connectivity index (χ0) is 14.5. The molecule has 4 nitrogen and oxygen atoms in total. The van der Waals surface area contributed by atoms with E-state index in [-0.39, 0.29) is 11.3 Å². The molecule has 0 aromatic carbocycles. The summed E-state index contributed by atoms with van der Waals surface area (Å²) >= 11 is 0. The van der Waals surface area contributed by atoms with Crippen LogP contribution in [-0.4, -0.2) is 16.1 Å². The summed E-state index contributed by atoms with van der Waals surface area (Å²) in [6.45, 7) is 10.8. The smallest absolute Gasteiger partial charge is 0.225 e. The Bertz CT molecular complexity index is 404. The number of H-pyrrole nitrogens is 1. The summed E-state index contributed by atoms with van der Waals surface area (Å²) in [5, 5.41) is 9.89. The number of carbonyl (C=O) groups is 1. The average molecular weight is 265 g/mol. The molecule has 1 aromatic rings. The summed E-state index contributed by atoms with van der Waals surface area (Å²) in [7, 11) is 0. The van der Waals surface area contributed by atoms with E-state index in [1.807, 2.05) is 6.07 Å². The molecule has 0 spiro atoms. The SMILES string of the molecule is CCCc1cc(NC(=O)CC(C)CC(C)(C)C)n[nH]1. The Morgan fingerprint density at radius 1 is 1.47 bits per heavy atom. The zero-order valence-corrected chi connectivity index (χ0v) is 12.8. The third kappa shape index (κ3) is 6.41. The van der Waals surface area contributed by atoms with E-state index in [1.54, 1.807) is 0 Å². The minimum atomic E-state index is 0.0475. The van der Waals surface area contributed by atoms with Gasteiger partial charge in [0.1, 0.15) is 0 Å². The van der Waals surface area contributed by atoms with Gasteiger partial charge in [0.15, 0.2) is 5.82 Å². The fourth-order valence-corrected chi connectivity index (χ4v) is 2.45. The first-order valence-corrected chi connectivity index (χ1v) is 7.14. The van der Waals surface area contributed by atoms with Crippen molar-refractivity contribution in [1.29, 1.82) is 0 Å². The zero-order valence-electron chi connectivity index (χ0n) is 12.8. The fourth-order valence-electron chi connectivity index (χ4n) is 2.45. The maximum Gasteiger partial charge on any atom is 0.225 e. The third-order valence-electron chi connectivity index (χ3n) is 2.91. The molecule has 1 aromatic heterocycles. The van der Waals surface area contributed by atoms with E-state index in [0.29, 0.717) is 18.2 Å². The highest BCUT2D eigenvalue weighted by Crippen LogP contribution is 2.26. The van der Waals surface area contributed by atoms with Gasteiger partial charge < -0.3 is 5.32 Å². The molecule has 0 aliphatic rings. The van der Waals surface area contributed by atoms with Gasteiger partial charge in [-0.05, 0) is 24.2 Å². The van der Waals surface area contributed by atoms with Gasteiger partial charge in [0.25, 0.3) is 0 Å². The van der Waals surface area contributed by atoms with Gasteiger partial charge in [0, 0.05) is 18.2 Å². The van der Waals surface area contributed by atoms with Crippen LogP contribution in [0.3, 0.4) is 0 Å². The van der Waals surface area contributed by atoms with Gasteiger partial charge in [-0.3, -0.25) is 9.89 Å². The molecule has 4 heteroatoms. The molecule has 0 radical (unpaired) electrons. The van der Waals surface area contributed by atoms with Crippen LogP contribution >= 0.6 is 0 Å². The van der Waals surface area contributed by atoms with Crippen molar-refractivity contribution in [3.8, 4) is 0 Å². The minimum Gasteiger partial charge on any atom is -0.309 e. The maximum absolute atomic E-state index is 11.9. The molecule has 19 heavy (non-hydrogen) atoms. The topological polar surface area (TPSA) is 57.8 Å². The van der Waals surface area contributed by atoms with Gasteiger partial charge in [0.05, 0.1) is 0 Å². The van der Waals surface area contributed by atoms with Gasteiger partial charge >= 0.3 is 0 Å². The van der Waals surface area contributed by atoms with Crippen molar-refractivity contribution in [2.45, 2.75) is 60.3 Å². The van der Waals surface area contributed by atoms with Crippen LogP contribution in [0.25, 0.3) is 0 Å². The lowest BCUT2D eigenvalue weighted by molar-refractivity contribution is -0.117. The average Bonchev–Trinajstić information content (AvgIpc) is 2.62. The number of hydrogen-bond donors (Lipinski definition) is 2. The van der Waals surface area contributed by atoms with Crippen LogP contribution < -0.4 is 5.32 Å². The Balaban J connectivity index is 2.41. The van der Waals surface area contributed by atoms with E-state index in [4.69, 9.17) is 0 Å². The molecule has 1 amide bonds. The quantitative estimate of drug-likeness (QED) is 0.822. The fraction of sp³-hybridized carbons (Fsp3) is 0.733. The highest BCUT2D eigenvalue weighted by Gasteiger charge is 2.18.